The van der Waals surface area contributed by atoms with E-state index >= 15 is 0 Å². The molecule has 20 heavy (non-hydrogen) atoms. The van der Waals surface area contributed by atoms with Gasteiger partial charge in [0.25, 0.3) is 0 Å². The molecule has 0 saturated carbocycles. The Labute approximate surface area is 132 Å². The Morgan fingerprint density at radius 3 is 2.60 bits per heavy atom. The third kappa shape index (κ3) is 3.79. The van der Waals surface area contributed by atoms with Gasteiger partial charge in [-0.25, -0.2) is 0 Å². The van der Waals surface area contributed by atoms with Gasteiger partial charge in [0.05, 0.1) is 5.02 Å². The molecular weight excluding hydrogens is 338 g/mol. The second-order valence-corrected chi connectivity index (χ2v) is 5.96. The molecule has 1 atom stereocenters. The molecule has 3 nitrogen and oxygen atoms in total. The number of nitrogens with two attached hydrogens (primary N) is 1. The number of halogens is 2. The van der Waals surface area contributed by atoms with Gasteiger partial charge in [0.15, 0.2) is 0 Å². The van der Waals surface area contributed by atoms with Crippen LogP contribution in [0.15, 0.2) is 47.2 Å². The molecule has 1 aromatic heterocycles. The van der Waals surface area contributed by atoms with Crippen LogP contribution in [0.1, 0.15) is 17.2 Å². The van der Waals surface area contributed by atoms with Crippen LogP contribution in [0.4, 0.5) is 0 Å². The van der Waals surface area contributed by atoms with Crippen molar-refractivity contribution in [3.8, 4) is 0 Å². The van der Waals surface area contributed by atoms with Crippen LogP contribution >= 0.6 is 27.5 Å². The first-order chi connectivity index (χ1) is 9.61. The average molecular weight is 355 g/mol. The van der Waals surface area contributed by atoms with Gasteiger partial charge in [-0.3, -0.25) is 9.88 Å². The summed E-state index contributed by atoms with van der Waals surface area (Å²) in [5, 5.41) is 0.707. The maximum Gasteiger partial charge on any atom is 0.0551 e. The Bertz CT molecular complexity index is 562. The van der Waals surface area contributed by atoms with E-state index in [-0.39, 0.29) is 6.04 Å². The quantitative estimate of drug-likeness (QED) is 0.891. The monoisotopic (exact) mass is 353 g/mol. The van der Waals surface area contributed by atoms with Crippen LogP contribution in [0.3, 0.4) is 0 Å². The summed E-state index contributed by atoms with van der Waals surface area (Å²) in [6.45, 7) is 1.36. The fourth-order valence-corrected chi connectivity index (χ4v) is 2.61. The highest BCUT2D eigenvalue weighted by molar-refractivity contribution is 9.10. The number of pyridine rings is 1. The largest absolute Gasteiger partial charge is 0.329 e. The lowest BCUT2D eigenvalue weighted by atomic mass is 10.1. The number of hydrogen-bond donors (Lipinski definition) is 1. The van der Waals surface area contributed by atoms with Crippen molar-refractivity contribution in [2.45, 2.75) is 12.6 Å². The molecule has 0 bridgehead atoms. The number of hydrogen-bond acceptors (Lipinski definition) is 3. The molecule has 0 aliphatic rings. The molecule has 2 aromatic rings. The molecule has 2 N–H and O–H groups in total. The second-order valence-electron chi connectivity index (χ2n) is 4.70. The zero-order valence-corrected chi connectivity index (χ0v) is 13.6. The molecule has 5 heteroatoms. The number of benzene rings is 1. The first-order valence-electron chi connectivity index (χ1n) is 6.36. The van der Waals surface area contributed by atoms with Crippen molar-refractivity contribution in [1.82, 2.24) is 9.88 Å². The summed E-state index contributed by atoms with van der Waals surface area (Å²) in [5.74, 6) is 0. The first-order valence-corrected chi connectivity index (χ1v) is 7.53. The number of nitrogens with zero attached hydrogens (tertiary/aromatic N) is 2. The Balaban J connectivity index is 2.16. The van der Waals surface area contributed by atoms with Crippen LogP contribution in [0, 0.1) is 0 Å². The third-order valence-corrected chi connectivity index (χ3v) is 4.50. The maximum absolute atomic E-state index is 6.17. The van der Waals surface area contributed by atoms with Crippen molar-refractivity contribution in [1.29, 1.82) is 0 Å². The summed E-state index contributed by atoms with van der Waals surface area (Å²) < 4.78 is 0.899. The van der Waals surface area contributed by atoms with Gasteiger partial charge in [-0.2, -0.15) is 0 Å². The van der Waals surface area contributed by atoms with E-state index in [0.717, 1.165) is 16.6 Å². The lowest BCUT2D eigenvalue weighted by Crippen LogP contribution is -2.30. The van der Waals surface area contributed by atoms with Gasteiger partial charge in [-0.1, -0.05) is 17.7 Å². The van der Waals surface area contributed by atoms with Crippen LogP contribution in [0.2, 0.25) is 5.02 Å². The summed E-state index contributed by atoms with van der Waals surface area (Å²) in [5.41, 5.74) is 8.27. The minimum Gasteiger partial charge on any atom is -0.329 e. The zero-order valence-electron chi connectivity index (χ0n) is 11.3. The predicted molar refractivity (Wildman–Crippen MR) is 86.7 cm³/mol. The van der Waals surface area contributed by atoms with Crippen molar-refractivity contribution in [3.63, 3.8) is 0 Å². The number of likely N-dealkylation sites (N-methyl/N-ethyl adjacent to an activating group) is 1. The average Bonchev–Trinajstić information content (AvgIpc) is 2.44. The molecule has 0 radical (unpaired) electrons. The highest BCUT2D eigenvalue weighted by Crippen LogP contribution is 2.28. The Morgan fingerprint density at radius 1 is 1.30 bits per heavy atom. The molecule has 2 rings (SSSR count). The minimum absolute atomic E-state index is 0.133. The van der Waals surface area contributed by atoms with E-state index in [9.17, 15) is 0 Å². The van der Waals surface area contributed by atoms with E-state index in [2.05, 4.69) is 38.9 Å². The molecule has 1 unspecified atom stereocenters. The number of rotatable bonds is 5. The number of aromatic nitrogens is 1. The minimum atomic E-state index is 0.133. The molecule has 1 aromatic carbocycles. The van der Waals surface area contributed by atoms with Gasteiger partial charge in [0.2, 0.25) is 0 Å². The van der Waals surface area contributed by atoms with Gasteiger partial charge >= 0.3 is 0 Å². The van der Waals surface area contributed by atoms with Crippen LogP contribution in [0.5, 0.6) is 0 Å². The molecule has 0 aliphatic heterocycles. The molecule has 0 amide bonds. The van der Waals surface area contributed by atoms with Crippen molar-refractivity contribution in [3.05, 3.63) is 63.3 Å². The lowest BCUT2D eigenvalue weighted by molar-refractivity contribution is 0.242. The summed E-state index contributed by atoms with van der Waals surface area (Å²) in [4.78, 5) is 6.25. The second kappa shape index (κ2) is 7.18. The topological polar surface area (TPSA) is 42.2 Å². The van der Waals surface area contributed by atoms with Gasteiger partial charge in [0.1, 0.15) is 0 Å². The van der Waals surface area contributed by atoms with E-state index in [1.54, 1.807) is 12.4 Å². The van der Waals surface area contributed by atoms with E-state index in [1.807, 2.05) is 24.3 Å². The molecule has 1 heterocycles. The lowest BCUT2D eigenvalue weighted by Gasteiger charge is -2.27. The van der Waals surface area contributed by atoms with Gasteiger partial charge in [0, 0.05) is 36.0 Å². The fourth-order valence-electron chi connectivity index (χ4n) is 2.18. The third-order valence-electron chi connectivity index (χ3n) is 3.27. The van der Waals surface area contributed by atoms with Gasteiger partial charge < -0.3 is 5.73 Å². The smallest absolute Gasteiger partial charge is 0.0551 e. The van der Waals surface area contributed by atoms with Gasteiger partial charge in [-0.15, -0.1) is 0 Å². The Morgan fingerprint density at radius 2 is 2.00 bits per heavy atom. The van der Waals surface area contributed by atoms with Crippen LogP contribution in [-0.2, 0) is 6.54 Å². The summed E-state index contributed by atoms with van der Waals surface area (Å²) in [7, 11) is 2.06. The molecular formula is C15H17BrClN3. The Kier molecular flexibility index (Phi) is 5.54. The van der Waals surface area contributed by atoms with Crippen molar-refractivity contribution < 1.29 is 0 Å². The first kappa shape index (κ1) is 15.4. The SMILES string of the molecule is CN(Cc1ccncc1)C(CN)c1ccc(Br)c(Cl)c1. The summed E-state index contributed by atoms with van der Waals surface area (Å²) >= 11 is 9.57. The van der Waals surface area contributed by atoms with E-state index in [0.29, 0.717) is 11.6 Å². The van der Waals surface area contributed by atoms with Crippen LogP contribution in [0.25, 0.3) is 0 Å². The van der Waals surface area contributed by atoms with E-state index in [1.165, 1.54) is 5.56 Å². The summed E-state index contributed by atoms with van der Waals surface area (Å²) in [6, 6.07) is 10.1. The predicted octanol–water partition coefficient (Wildman–Crippen LogP) is 3.63. The van der Waals surface area contributed by atoms with Gasteiger partial charge in [-0.05, 0) is 58.4 Å². The van der Waals surface area contributed by atoms with Crippen molar-refractivity contribution >= 4 is 27.5 Å². The normalized spacial score (nSPS) is 12.7. The maximum atomic E-state index is 6.17. The van der Waals surface area contributed by atoms with Crippen LogP contribution in [-0.4, -0.2) is 23.5 Å². The van der Waals surface area contributed by atoms with Crippen LogP contribution < -0.4 is 5.73 Å². The highest BCUT2D eigenvalue weighted by Gasteiger charge is 2.16. The fraction of sp³-hybridized carbons (Fsp3) is 0.267. The van der Waals surface area contributed by atoms with E-state index < -0.39 is 0 Å². The van der Waals surface area contributed by atoms with E-state index in [4.69, 9.17) is 17.3 Å². The molecule has 0 spiro atoms. The molecule has 106 valence electrons. The molecule has 0 aliphatic carbocycles. The molecule has 0 saturated heterocycles. The standard InChI is InChI=1S/C15H17BrClN3/c1-20(10-11-4-6-19-7-5-11)15(9-18)12-2-3-13(16)14(17)8-12/h2-8,15H,9-10,18H2,1H3. The van der Waals surface area contributed by atoms with Crippen molar-refractivity contribution in [2.24, 2.45) is 5.73 Å². The zero-order chi connectivity index (χ0) is 14.5. The molecule has 0 fully saturated rings. The Hall–Kier alpha value is -0.940. The summed E-state index contributed by atoms with van der Waals surface area (Å²) in [6.07, 6.45) is 3.61. The van der Waals surface area contributed by atoms with Crippen molar-refractivity contribution in [2.75, 3.05) is 13.6 Å². The highest BCUT2D eigenvalue weighted by atomic mass is 79.9.